The highest BCUT2D eigenvalue weighted by Gasteiger charge is 2.68. The van der Waals surface area contributed by atoms with Gasteiger partial charge in [0.1, 0.15) is 11.5 Å². The number of ether oxygens (including phenoxy) is 4. The Morgan fingerprint density at radius 2 is 1.55 bits per heavy atom. The minimum atomic E-state index is -1.31. The lowest BCUT2D eigenvalue weighted by molar-refractivity contribution is -0.161. The summed E-state index contributed by atoms with van der Waals surface area (Å²) >= 11 is 0. The average Bonchev–Trinajstić information content (AvgIpc) is 3.53. The molecule has 0 bridgehead atoms. The maximum absolute atomic E-state index is 12.3. The van der Waals surface area contributed by atoms with Crippen molar-refractivity contribution in [3.8, 4) is 23.3 Å². The summed E-state index contributed by atoms with van der Waals surface area (Å²) in [6.45, 7) is 0. The summed E-state index contributed by atoms with van der Waals surface area (Å²) in [4.78, 5) is 24.7. The van der Waals surface area contributed by atoms with E-state index in [-0.39, 0.29) is 5.92 Å². The molecule has 0 N–H and O–H groups in total. The number of benzene rings is 2. The largest absolute Gasteiger partial charge is 0.497 e. The van der Waals surface area contributed by atoms with Crippen LogP contribution in [-0.4, -0.2) is 40.4 Å². The molecule has 0 aromatic heterocycles. The number of hydrogen-bond donors (Lipinski definition) is 0. The summed E-state index contributed by atoms with van der Waals surface area (Å²) in [7, 11) is 5.69. The number of methoxy groups -OCH3 is 4. The molecule has 29 heavy (non-hydrogen) atoms. The minimum Gasteiger partial charge on any atom is -0.497 e. The monoisotopic (exact) mass is 394 g/mol. The molecule has 1 unspecified atom stereocenters. The average molecular weight is 394 g/mol. The third-order valence-corrected chi connectivity index (χ3v) is 5.14. The Morgan fingerprint density at radius 1 is 0.897 bits per heavy atom. The van der Waals surface area contributed by atoms with Gasteiger partial charge in [0, 0.05) is 17.5 Å². The summed E-state index contributed by atoms with van der Waals surface area (Å²) in [5.74, 6) is 5.99. The van der Waals surface area contributed by atoms with Crippen LogP contribution in [0.3, 0.4) is 0 Å². The van der Waals surface area contributed by atoms with E-state index < -0.39 is 17.4 Å². The SMILES string of the molecule is COC(=O)C1(C(=O)OC)CC1c1ccccc1C#Cc1ccc(OC)cc1OC. The van der Waals surface area contributed by atoms with Crippen LogP contribution in [0.1, 0.15) is 29.0 Å². The fraction of sp³-hybridized carbons (Fsp3) is 0.304. The molecule has 0 saturated heterocycles. The number of carbonyl (C=O) groups excluding carboxylic acids is 2. The van der Waals surface area contributed by atoms with Crippen LogP contribution in [0.25, 0.3) is 0 Å². The molecule has 0 heterocycles. The van der Waals surface area contributed by atoms with E-state index in [9.17, 15) is 9.59 Å². The van der Waals surface area contributed by atoms with Crippen molar-refractivity contribution in [3.05, 3.63) is 59.2 Å². The Hall–Kier alpha value is -3.46. The molecule has 6 heteroatoms. The lowest BCUT2D eigenvalue weighted by Crippen LogP contribution is -2.30. The zero-order chi connectivity index (χ0) is 21.0. The first-order valence-corrected chi connectivity index (χ1v) is 9.01. The van der Waals surface area contributed by atoms with Gasteiger partial charge in [-0.1, -0.05) is 30.0 Å². The van der Waals surface area contributed by atoms with Crippen LogP contribution in [0.4, 0.5) is 0 Å². The summed E-state index contributed by atoms with van der Waals surface area (Å²) in [6, 6.07) is 12.8. The lowest BCUT2D eigenvalue weighted by atomic mass is 9.95. The second-order valence-electron chi connectivity index (χ2n) is 6.61. The first kappa shape index (κ1) is 20.3. The Kier molecular flexibility index (Phi) is 5.79. The molecule has 0 radical (unpaired) electrons. The normalized spacial score (nSPS) is 16.1. The van der Waals surface area contributed by atoms with Crippen LogP contribution in [0.15, 0.2) is 42.5 Å². The smallest absolute Gasteiger partial charge is 0.323 e. The maximum Gasteiger partial charge on any atom is 0.323 e. The molecule has 1 saturated carbocycles. The molecule has 6 nitrogen and oxygen atoms in total. The summed E-state index contributed by atoms with van der Waals surface area (Å²) < 4.78 is 20.3. The fourth-order valence-corrected chi connectivity index (χ4v) is 3.49. The Labute approximate surface area is 169 Å². The summed E-state index contributed by atoms with van der Waals surface area (Å²) in [6.07, 6.45) is 0.330. The highest BCUT2D eigenvalue weighted by Crippen LogP contribution is 2.61. The standard InChI is InChI=1S/C23H22O6/c1-26-17-12-11-16(20(13-17)27-2)10-9-15-7-5-6-8-18(15)19-14-23(19,21(24)28-3)22(25)29-4/h5-8,11-13,19H,14H2,1-4H3. The zero-order valence-electron chi connectivity index (χ0n) is 16.8. The molecule has 0 spiro atoms. The molecule has 1 aliphatic carbocycles. The molecule has 1 aliphatic rings. The van der Waals surface area contributed by atoms with Gasteiger partial charge in [0.25, 0.3) is 0 Å². The van der Waals surface area contributed by atoms with Crippen LogP contribution < -0.4 is 9.47 Å². The number of carbonyl (C=O) groups is 2. The van der Waals surface area contributed by atoms with Gasteiger partial charge in [-0.15, -0.1) is 0 Å². The van der Waals surface area contributed by atoms with Crippen LogP contribution in [-0.2, 0) is 19.1 Å². The van der Waals surface area contributed by atoms with E-state index in [1.165, 1.54) is 14.2 Å². The highest BCUT2D eigenvalue weighted by molar-refractivity contribution is 6.05. The zero-order valence-corrected chi connectivity index (χ0v) is 16.8. The molecule has 0 aliphatic heterocycles. The molecule has 0 amide bonds. The first-order chi connectivity index (χ1) is 14.0. The van der Waals surface area contributed by atoms with Crippen molar-refractivity contribution >= 4 is 11.9 Å². The molecule has 1 fully saturated rings. The Bertz CT molecular complexity index is 982. The van der Waals surface area contributed by atoms with Crippen LogP contribution in [0, 0.1) is 17.3 Å². The van der Waals surface area contributed by atoms with Crippen molar-refractivity contribution < 1.29 is 28.5 Å². The van der Waals surface area contributed by atoms with Crippen LogP contribution in [0.2, 0.25) is 0 Å². The predicted octanol–water partition coefficient (Wildman–Crippen LogP) is 2.92. The first-order valence-electron chi connectivity index (χ1n) is 9.01. The second kappa shape index (κ2) is 8.27. The quantitative estimate of drug-likeness (QED) is 0.441. The van der Waals surface area contributed by atoms with E-state index >= 15 is 0 Å². The molecule has 1 atom stereocenters. The third-order valence-electron chi connectivity index (χ3n) is 5.14. The molecule has 2 aromatic carbocycles. The van der Waals surface area contributed by atoms with E-state index in [2.05, 4.69) is 11.8 Å². The Balaban J connectivity index is 1.98. The van der Waals surface area contributed by atoms with Gasteiger partial charge in [0.15, 0.2) is 5.41 Å². The second-order valence-corrected chi connectivity index (χ2v) is 6.61. The van der Waals surface area contributed by atoms with Gasteiger partial charge < -0.3 is 18.9 Å². The minimum absolute atomic E-state index is 0.330. The van der Waals surface area contributed by atoms with E-state index in [4.69, 9.17) is 18.9 Å². The van der Waals surface area contributed by atoms with Crippen molar-refractivity contribution in [1.82, 2.24) is 0 Å². The molecule has 150 valence electrons. The van der Waals surface area contributed by atoms with E-state index in [1.54, 1.807) is 26.4 Å². The van der Waals surface area contributed by atoms with Crippen LogP contribution in [0.5, 0.6) is 11.5 Å². The van der Waals surface area contributed by atoms with E-state index in [0.717, 1.165) is 11.1 Å². The van der Waals surface area contributed by atoms with Gasteiger partial charge in [-0.3, -0.25) is 9.59 Å². The van der Waals surface area contributed by atoms with Crippen molar-refractivity contribution in [2.75, 3.05) is 28.4 Å². The van der Waals surface area contributed by atoms with Gasteiger partial charge >= 0.3 is 11.9 Å². The van der Waals surface area contributed by atoms with Gasteiger partial charge in [-0.05, 0) is 30.2 Å². The van der Waals surface area contributed by atoms with Gasteiger partial charge in [-0.25, -0.2) is 0 Å². The lowest BCUT2D eigenvalue weighted by Gasteiger charge is -2.13. The molecule has 3 rings (SSSR count). The van der Waals surface area contributed by atoms with E-state index in [1.807, 2.05) is 30.3 Å². The predicted molar refractivity (Wildman–Crippen MR) is 106 cm³/mol. The van der Waals surface area contributed by atoms with Gasteiger partial charge in [-0.2, -0.15) is 0 Å². The van der Waals surface area contributed by atoms with Crippen LogP contribution >= 0.6 is 0 Å². The number of rotatable bonds is 5. The number of esters is 2. The third kappa shape index (κ3) is 3.64. The van der Waals surface area contributed by atoms with Crippen molar-refractivity contribution in [1.29, 1.82) is 0 Å². The summed E-state index contributed by atoms with van der Waals surface area (Å²) in [5, 5.41) is 0. The van der Waals surface area contributed by atoms with Crippen molar-refractivity contribution in [2.45, 2.75) is 12.3 Å². The summed E-state index contributed by atoms with van der Waals surface area (Å²) in [5.41, 5.74) is 0.929. The molecular formula is C23H22O6. The van der Waals surface area contributed by atoms with Crippen molar-refractivity contribution in [3.63, 3.8) is 0 Å². The van der Waals surface area contributed by atoms with Gasteiger partial charge in [0.05, 0.1) is 34.0 Å². The maximum atomic E-state index is 12.3. The topological polar surface area (TPSA) is 71.1 Å². The molecular weight excluding hydrogens is 372 g/mol. The fourth-order valence-electron chi connectivity index (χ4n) is 3.49. The van der Waals surface area contributed by atoms with Crippen molar-refractivity contribution in [2.24, 2.45) is 5.41 Å². The highest BCUT2D eigenvalue weighted by atomic mass is 16.5. The molecule has 2 aromatic rings. The Morgan fingerprint density at radius 3 is 2.17 bits per heavy atom. The number of hydrogen-bond acceptors (Lipinski definition) is 6. The van der Waals surface area contributed by atoms with E-state index in [0.29, 0.717) is 23.5 Å². The van der Waals surface area contributed by atoms with Gasteiger partial charge in [0.2, 0.25) is 0 Å².